The van der Waals surface area contributed by atoms with Crippen LogP contribution in [0.25, 0.3) is 0 Å². The predicted molar refractivity (Wildman–Crippen MR) is 79.4 cm³/mol. The van der Waals surface area contributed by atoms with Crippen LogP contribution in [0.2, 0.25) is 0 Å². The highest BCUT2D eigenvalue weighted by atomic mass is 32.2. The van der Waals surface area contributed by atoms with E-state index in [0.717, 1.165) is 19.3 Å². The van der Waals surface area contributed by atoms with Gasteiger partial charge >= 0.3 is 0 Å². The van der Waals surface area contributed by atoms with E-state index in [2.05, 4.69) is 11.6 Å². The van der Waals surface area contributed by atoms with Crippen LogP contribution in [0.5, 0.6) is 5.75 Å². The molecule has 1 aliphatic rings. The van der Waals surface area contributed by atoms with E-state index in [-0.39, 0.29) is 6.04 Å². The van der Waals surface area contributed by atoms with Gasteiger partial charge < -0.3 is 4.74 Å². The Kier molecular flexibility index (Phi) is 5.05. The van der Waals surface area contributed by atoms with Crippen LogP contribution in [0.15, 0.2) is 29.2 Å². The minimum Gasteiger partial charge on any atom is -0.494 e. The normalized spacial score (nSPS) is 23.5. The number of sulfonamides is 1. The summed E-state index contributed by atoms with van der Waals surface area (Å²) >= 11 is 0. The first-order chi connectivity index (χ1) is 9.53. The molecule has 0 bridgehead atoms. The van der Waals surface area contributed by atoms with Crippen molar-refractivity contribution in [2.24, 2.45) is 5.92 Å². The zero-order valence-electron chi connectivity index (χ0n) is 12.1. The van der Waals surface area contributed by atoms with Crippen molar-refractivity contribution in [3.05, 3.63) is 24.3 Å². The van der Waals surface area contributed by atoms with Crippen LogP contribution in [0.1, 0.15) is 39.5 Å². The van der Waals surface area contributed by atoms with Crippen molar-refractivity contribution in [2.45, 2.75) is 50.5 Å². The van der Waals surface area contributed by atoms with Crippen molar-refractivity contribution in [1.82, 2.24) is 4.72 Å². The van der Waals surface area contributed by atoms with Crippen LogP contribution in [0.4, 0.5) is 0 Å². The van der Waals surface area contributed by atoms with Crippen LogP contribution in [-0.4, -0.2) is 21.1 Å². The molecule has 5 heteroatoms. The van der Waals surface area contributed by atoms with E-state index in [9.17, 15) is 8.42 Å². The second-order valence-electron chi connectivity index (χ2n) is 5.39. The number of nitrogens with one attached hydrogen (secondary N) is 1. The third kappa shape index (κ3) is 3.73. The molecule has 0 heterocycles. The molecule has 0 aliphatic heterocycles. The molecule has 2 rings (SSSR count). The minimum absolute atomic E-state index is 0.0559. The summed E-state index contributed by atoms with van der Waals surface area (Å²) in [6.07, 6.45) is 4.32. The number of hydrogen-bond acceptors (Lipinski definition) is 3. The van der Waals surface area contributed by atoms with Gasteiger partial charge in [0.05, 0.1) is 11.5 Å². The molecule has 1 saturated carbocycles. The summed E-state index contributed by atoms with van der Waals surface area (Å²) in [5.74, 6) is 1.10. The molecule has 4 nitrogen and oxygen atoms in total. The fraction of sp³-hybridized carbons (Fsp3) is 0.600. The number of rotatable bonds is 5. The number of ether oxygens (including phenoxy) is 1. The lowest BCUT2D eigenvalue weighted by molar-refractivity contribution is 0.310. The molecule has 0 aromatic heterocycles. The van der Waals surface area contributed by atoms with E-state index in [1.165, 1.54) is 6.42 Å². The van der Waals surface area contributed by atoms with Gasteiger partial charge in [0.1, 0.15) is 5.75 Å². The third-order valence-electron chi connectivity index (χ3n) is 3.86. The van der Waals surface area contributed by atoms with E-state index < -0.39 is 10.0 Å². The maximum absolute atomic E-state index is 12.4. The molecule has 1 aromatic rings. The van der Waals surface area contributed by atoms with Crippen LogP contribution >= 0.6 is 0 Å². The van der Waals surface area contributed by atoms with Crippen LogP contribution in [0, 0.1) is 5.92 Å². The fourth-order valence-electron chi connectivity index (χ4n) is 2.64. The molecule has 1 aliphatic carbocycles. The van der Waals surface area contributed by atoms with Crippen molar-refractivity contribution in [3.63, 3.8) is 0 Å². The van der Waals surface area contributed by atoms with Gasteiger partial charge in [0.25, 0.3) is 0 Å². The van der Waals surface area contributed by atoms with Crippen molar-refractivity contribution >= 4 is 10.0 Å². The molecule has 1 N–H and O–H groups in total. The molecule has 1 aromatic carbocycles. The Morgan fingerprint density at radius 2 is 1.85 bits per heavy atom. The molecular formula is C15H23NO3S. The van der Waals surface area contributed by atoms with E-state index in [1.807, 2.05) is 6.92 Å². The second kappa shape index (κ2) is 6.59. The van der Waals surface area contributed by atoms with E-state index in [0.29, 0.717) is 23.2 Å². The van der Waals surface area contributed by atoms with Crippen molar-refractivity contribution in [2.75, 3.05) is 6.61 Å². The quantitative estimate of drug-likeness (QED) is 0.909. The summed E-state index contributed by atoms with van der Waals surface area (Å²) in [4.78, 5) is 0.304. The van der Waals surface area contributed by atoms with Gasteiger partial charge in [0, 0.05) is 6.04 Å². The summed E-state index contributed by atoms with van der Waals surface area (Å²) in [6.45, 7) is 4.59. The highest BCUT2D eigenvalue weighted by Gasteiger charge is 2.26. The average molecular weight is 297 g/mol. The minimum atomic E-state index is -3.43. The Morgan fingerprint density at radius 3 is 2.45 bits per heavy atom. The summed E-state index contributed by atoms with van der Waals surface area (Å²) in [5.41, 5.74) is 0. The predicted octanol–water partition coefficient (Wildman–Crippen LogP) is 2.94. The Labute approximate surface area is 121 Å². The van der Waals surface area contributed by atoms with Crippen molar-refractivity contribution in [1.29, 1.82) is 0 Å². The molecule has 0 saturated heterocycles. The lowest BCUT2D eigenvalue weighted by Gasteiger charge is -2.29. The number of hydrogen-bond donors (Lipinski definition) is 1. The summed E-state index contributed by atoms with van der Waals surface area (Å²) in [5, 5.41) is 0. The standard InChI is InChI=1S/C15H23NO3S/c1-3-19-13-8-10-14(11-9-13)20(17,18)16-15-7-5-4-6-12(15)2/h8-12,15-16H,3-7H2,1-2H3/t12-,15+/m0/s1. The Hall–Kier alpha value is -1.07. The van der Waals surface area contributed by atoms with Gasteiger partial charge in [-0.15, -0.1) is 0 Å². The monoisotopic (exact) mass is 297 g/mol. The first-order valence-electron chi connectivity index (χ1n) is 7.28. The SMILES string of the molecule is CCOc1ccc(S(=O)(=O)N[C@@H]2CCCC[C@@H]2C)cc1. The zero-order valence-corrected chi connectivity index (χ0v) is 12.9. The van der Waals surface area contributed by atoms with E-state index >= 15 is 0 Å². The van der Waals surface area contributed by atoms with Gasteiger partial charge in [-0.25, -0.2) is 13.1 Å². The molecule has 0 unspecified atom stereocenters. The summed E-state index contributed by atoms with van der Waals surface area (Å²) in [7, 11) is -3.43. The van der Waals surface area contributed by atoms with Crippen molar-refractivity contribution in [3.8, 4) is 5.75 Å². The van der Waals surface area contributed by atoms with Crippen LogP contribution in [0.3, 0.4) is 0 Å². The van der Waals surface area contributed by atoms with Gasteiger partial charge in [0.2, 0.25) is 10.0 Å². The zero-order chi connectivity index (χ0) is 14.6. The Morgan fingerprint density at radius 1 is 1.20 bits per heavy atom. The molecule has 0 amide bonds. The maximum atomic E-state index is 12.4. The average Bonchev–Trinajstić information content (AvgIpc) is 2.42. The molecule has 1 fully saturated rings. The molecule has 112 valence electrons. The van der Waals surface area contributed by atoms with Gasteiger partial charge in [-0.1, -0.05) is 19.8 Å². The summed E-state index contributed by atoms with van der Waals surface area (Å²) < 4.78 is 32.9. The topological polar surface area (TPSA) is 55.4 Å². The molecule has 2 atom stereocenters. The van der Waals surface area contributed by atoms with E-state index in [4.69, 9.17) is 4.74 Å². The fourth-order valence-corrected chi connectivity index (χ4v) is 4.02. The lowest BCUT2D eigenvalue weighted by atomic mass is 9.87. The third-order valence-corrected chi connectivity index (χ3v) is 5.37. The summed E-state index contributed by atoms with van der Waals surface area (Å²) in [6, 6.07) is 6.65. The van der Waals surface area contributed by atoms with Gasteiger partial charge in [-0.2, -0.15) is 0 Å². The highest BCUT2D eigenvalue weighted by Crippen LogP contribution is 2.25. The van der Waals surface area contributed by atoms with Gasteiger partial charge in [0.15, 0.2) is 0 Å². The van der Waals surface area contributed by atoms with Crippen LogP contribution in [-0.2, 0) is 10.0 Å². The Bertz CT molecular complexity index is 525. The van der Waals surface area contributed by atoms with Crippen molar-refractivity contribution < 1.29 is 13.2 Å². The lowest BCUT2D eigenvalue weighted by Crippen LogP contribution is -2.40. The molecule has 0 spiro atoms. The first kappa shape index (κ1) is 15.3. The molecule has 0 radical (unpaired) electrons. The Balaban J connectivity index is 2.09. The van der Waals surface area contributed by atoms with E-state index in [1.54, 1.807) is 24.3 Å². The van der Waals surface area contributed by atoms with Gasteiger partial charge in [-0.05, 0) is 49.9 Å². The molecular weight excluding hydrogens is 274 g/mol. The maximum Gasteiger partial charge on any atom is 0.240 e. The first-order valence-corrected chi connectivity index (χ1v) is 8.76. The highest BCUT2D eigenvalue weighted by molar-refractivity contribution is 7.89. The van der Waals surface area contributed by atoms with Crippen LogP contribution < -0.4 is 9.46 Å². The second-order valence-corrected chi connectivity index (χ2v) is 7.11. The smallest absolute Gasteiger partial charge is 0.240 e. The largest absolute Gasteiger partial charge is 0.494 e. The van der Waals surface area contributed by atoms with Gasteiger partial charge in [-0.3, -0.25) is 0 Å². The number of benzene rings is 1. The molecule has 20 heavy (non-hydrogen) atoms.